The number of carboxylic acid groups (broad SMARTS) is 1. The van der Waals surface area contributed by atoms with Crippen LogP contribution in [-0.2, 0) is 4.79 Å². The van der Waals surface area contributed by atoms with Gasteiger partial charge < -0.3 is 10.0 Å². The fourth-order valence-electron chi connectivity index (χ4n) is 2.90. The van der Waals surface area contributed by atoms with Crippen LogP contribution in [-0.4, -0.2) is 33.0 Å². The van der Waals surface area contributed by atoms with Crippen molar-refractivity contribution in [1.82, 2.24) is 9.97 Å². The van der Waals surface area contributed by atoms with Gasteiger partial charge in [-0.05, 0) is 25.0 Å². The zero-order valence-electron chi connectivity index (χ0n) is 12.0. The third-order valence-corrected chi connectivity index (χ3v) is 3.91. The number of amides is 1. The van der Waals surface area contributed by atoms with Crippen molar-refractivity contribution in [3.63, 3.8) is 0 Å². The molecule has 1 aliphatic heterocycles. The highest BCUT2D eigenvalue weighted by molar-refractivity contribution is 6.07. The molecule has 0 aliphatic carbocycles. The Morgan fingerprint density at radius 2 is 1.91 bits per heavy atom. The second-order valence-electron chi connectivity index (χ2n) is 5.34. The lowest BCUT2D eigenvalue weighted by molar-refractivity contribution is -0.139. The molecule has 6 nitrogen and oxygen atoms in total. The maximum absolute atomic E-state index is 12.7. The smallest absolute Gasteiger partial charge is 0.311 e. The number of aromatic nitrogens is 2. The van der Waals surface area contributed by atoms with Crippen LogP contribution in [0, 0.1) is 0 Å². The van der Waals surface area contributed by atoms with Gasteiger partial charge in [-0.1, -0.05) is 18.2 Å². The molecule has 1 aromatic carbocycles. The van der Waals surface area contributed by atoms with Crippen LogP contribution in [0.25, 0.3) is 0 Å². The topological polar surface area (TPSA) is 83.4 Å². The third kappa shape index (κ3) is 2.32. The lowest BCUT2D eigenvalue weighted by Crippen LogP contribution is -2.44. The number of para-hydroxylation sites is 1. The molecule has 2 aromatic rings. The normalized spacial score (nSPS) is 20.3. The van der Waals surface area contributed by atoms with Gasteiger partial charge in [-0.2, -0.15) is 0 Å². The summed E-state index contributed by atoms with van der Waals surface area (Å²) in [5.74, 6) is -1.68. The van der Waals surface area contributed by atoms with Gasteiger partial charge in [-0.25, -0.2) is 9.97 Å². The highest BCUT2D eigenvalue weighted by atomic mass is 16.4. The van der Waals surface area contributed by atoms with E-state index in [-0.39, 0.29) is 11.9 Å². The molecule has 0 radical (unpaired) electrons. The van der Waals surface area contributed by atoms with Crippen molar-refractivity contribution < 1.29 is 14.7 Å². The van der Waals surface area contributed by atoms with Gasteiger partial charge in [0.1, 0.15) is 6.33 Å². The summed E-state index contributed by atoms with van der Waals surface area (Å²) in [6, 6.07) is 6.92. The highest BCUT2D eigenvalue weighted by Crippen LogP contribution is 2.39. The molecule has 0 spiro atoms. The van der Waals surface area contributed by atoms with E-state index in [1.54, 1.807) is 29.2 Å². The Hall–Kier alpha value is -2.76. The van der Waals surface area contributed by atoms with Gasteiger partial charge in [0.05, 0.1) is 11.5 Å². The monoisotopic (exact) mass is 297 g/mol. The van der Waals surface area contributed by atoms with Crippen molar-refractivity contribution in [2.24, 2.45) is 0 Å². The van der Waals surface area contributed by atoms with Crippen molar-refractivity contribution in [2.75, 3.05) is 4.90 Å². The van der Waals surface area contributed by atoms with E-state index in [9.17, 15) is 14.7 Å². The van der Waals surface area contributed by atoms with Gasteiger partial charge in [-0.3, -0.25) is 9.59 Å². The SMILES string of the molecule is CC1CC(C(=O)O)c2ccccc2N1C(=O)c1cncnc1. The number of rotatable bonds is 2. The van der Waals surface area contributed by atoms with Crippen LogP contribution < -0.4 is 4.90 Å². The first-order valence-electron chi connectivity index (χ1n) is 7.00. The summed E-state index contributed by atoms with van der Waals surface area (Å²) in [5.41, 5.74) is 1.69. The summed E-state index contributed by atoms with van der Waals surface area (Å²) in [5, 5.41) is 9.42. The second-order valence-corrected chi connectivity index (χ2v) is 5.34. The zero-order chi connectivity index (χ0) is 15.7. The molecule has 22 heavy (non-hydrogen) atoms. The molecule has 112 valence electrons. The van der Waals surface area contributed by atoms with Crippen LogP contribution in [0.1, 0.15) is 35.2 Å². The highest BCUT2D eigenvalue weighted by Gasteiger charge is 2.37. The Bertz CT molecular complexity index is 718. The summed E-state index contributed by atoms with van der Waals surface area (Å²) < 4.78 is 0. The number of hydrogen-bond donors (Lipinski definition) is 1. The average molecular weight is 297 g/mol. The standard InChI is InChI=1S/C16H15N3O3/c1-10-6-13(16(21)22)12-4-2-3-5-14(12)19(10)15(20)11-7-17-9-18-8-11/h2-5,7-10,13H,6H2,1H3,(H,21,22). The van der Waals surface area contributed by atoms with Crippen LogP contribution in [0.3, 0.4) is 0 Å². The molecule has 0 saturated heterocycles. The summed E-state index contributed by atoms with van der Waals surface area (Å²) in [6.45, 7) is 1.85. The number of carbonyl (C=O) groups excluding carboxylic acids is 1. The fraction of sp³-hybridized carbons (Fsp3) is 0.250. The molecule has 0 saturated carbocycles. The van der Waals surface area contributed by atoms with Crippen LogP contribution in [0.5, 0.6) is 0 Å². The first kappa shape index (κ1) is 14.2. The number of benzene rings is 1. The average Bonchev–Trinajstić information content (AvgIpc) is 2.54. The number of fused-ring (bicyclic) bond motifs is 1. The van der Waals surface area contributed by atoms with Gasteiger partial charge >= 0.3 is 5.97 Å². The maximum Gasteiger partial charge on any atom is 0.311 e. The van der Waals surface area contributed by atoms with E-state index in [2.05, 4.69) is 9.97 Å². The van der Waals surface area contributed by atoms with Gasteiger partial charge in [0, 0.05) is 24.1 Å². The minimum absolute atomic E-state index is 0.218. The predicted octanol–water partition coefficient (Wildman–Crippen LogP) is 2.08. The van der Waals surface area contributed by atoms with Crippen molar-refractivity contribution in [3.05, 3.63) is 54.1 Å². The Morgan fingerprint density at radius 3 is 2.59 bits per heavy atom. The summed E-state index contributed by atoms with van der Waals surface area (Å²) in [4.78, 5) is 33.6. The molecule has 0 fully saturated rings. The second kappa shape index (κ2) is 5.55. The molecular formula is C16H15N3O3. The molecule has 1 aliphatic rings. The molecule has 3 rings (SSSR count). The number of carbonyl (C=O) groups is 2. The Balaban J connectivity index is 2.07. The van der Waals surface area contributed by atoms with Gasteiger partial charge in [0.2, 0.25) is 0 Å². The molecule has 1 aromatic heterocycles. The molecule has 0 bridgehead atoms. The number of anilines is 1. The Morgan fingerprint density at radius 1 is 1.23 bits per heavy atom. The molecule has 2 atom stereocenters. The van der Waals surface area contributed by atoms with Gasteiger partial charge in [0.25, 0.3) is 5.91 Å². The summed E-state index contributed by atoms with van der Waals surface area (Å²) in [6.07, 6.45) is 4.68. The largest absolute Gasteiger partial charge is 0.481 e. The first-order valence-corrected chi connectivity index (χ1v) is 7.00. The lowest BCUT2D eigenvalue weighted by atomic mass is 9.86. The van der Waals surface area contributed by atoms with Crippen molar-refractivity contribution in [3.8, 4) is 0 Å². The maximum atomic E-state index is 12.7. The molecule has 2 unspecified atom stereocenters. The van der Waals surface area contributed by atoms with E-state index in [0.29, 0.717) is 23.2 Å². The van der Waals surface area contributed by atoms with Crippen LogP contribution in [0.4, 0.5) is 5.69 Å². The fourth-order valence-corrected chi connectivity index (χ4v) is 2.90. The molecular weight excluding hydrogens is 282 g/mol. The van der Waals surface area contributed by atoms with Crippen molar-refractivity contribution in [1.29, 1.82) is 0 Å². The minimum atomic E-state index is -0.866. The molecule has 6 heteroatoms. The quantitative estimate of drug-likeness (QED) is 0.917. The van der Waals surface area contributed by atoms with E-state index in [1.807, 2.05) is 6.92 Å². The zero-order valence-corrected chi connectivity index (χ0v) is 12.0. The number of hydrogen-bond acceptors (Lipinski definition) is 4. The van der Waals surface area contributed by atoms with Crippen LogP contribution in [0.15, 0.2) is 43.0 Å². The Kier molecular flexibility index (Phi) is 3.58. The Labute approximate surface area is 127 Å². The van der Waals surface area contributed by atoms with Crippen molar-refractivity contribution in [2.45, 2.75) is 25.3 Å². The lowest BCUT2D eigenvalue weighted by Gasteiger charge is -2.38. The van der Waals surface area contributed by atoms with Crippen LogP contribution in [0.2, 0.25) is 0 Å². The number of nitrogens with zero attached hydrogens (tertiary/aromatic N) is 3. The number of carboxylic acids is 1. The van der Waals surface area contributed by atoms with E-state index < -0.39 is 11.9 Å². The van der Waals surface area contributed by atoms with E-state index in [4.69, 9.17) is 0 Å². The number of aliphatic carboxylic acids is 1. The van der Waals surface area contributed by atoms with E-state index >= 15 is 0 Å². The first-order chi connectivity index (χ1) is 10.6. The van der Waals surface area contributed by atoms with E-state index in [0.717, 1.165) is 0 Å². The van der Waals surface area contributed by atoms with Crippen LogP contribution >= 0.6 is 0 Å². The predicted molar refractivity (Wildman–Crippen MR) is 79.7 cm³/mol. The molecule has 2 heterocycles. The molecule has 1 N–H and O–H groups in total. The van der Waals surface area contributed by atoms with Crippen molar-refractivity contribution >= 4 is 17.6 Å². The summed E-state index contributed by atoms with van der Waals surface area (Å²) in [7, 11) is 0. The summed E-state index contributed by atoms with van der Waals surface area (Å²) >= 11 is 0. The minimum Gasteiger partial charge on any atom is -0.481 e. The van der Waals surface area contributed by atoms with Gasteiger partial charge in [0.15, 0.2) is 0 Å². The molecule has 1 amide bonds. The van der Waals surface area contributed by atoms with E-state index in [1.165, 1.54) is 18.7 Å². The third-order valence-electron chi connectivity index (χ3n) is 3.91. The van der Waals surface area contributed by atoms with Gasteiger partial charge in [-0.15, -0.1) is 0 Å².